The minimum atomic E-state index is -0.208. The van der Waals surface area contributed by atoms with E-state index < -0.39 is 0 Å². The van der Waals surface area contributed by atoms with Gasteiger partial charge >= 0.3 is 5.97 Å². The molecule has 1 heterocycles. The molecule has 0 aliphatic heterocycles. The molecular formula is C28H33NO4S. The minimum absolute atomic E-state index is 0.208. The number of hydrogen-bond acceptors (Lipinski definition) is 6. The van der Waals surface area contributed by atoms with Crippen LogP contribution in [-0.4, -0.2) is 30.4 Å². The topological polar surface area (TPSA) is 61.6 Å². The summed E-state index contributed by atoms with van der Waals surface area (Å²) in [4.78, 5) is 16.0. The van der Waals surface area contributed by atoms with Crippen molar-refractivity contribution in [2.45, 2.75) is 57.1 Å². The maximum atomic E-state index is 11.3. The molecule has 34 heavy (non-hydrogen) atoms. The lowest BCUT2D eigenvalue weighted by molar-refractivity contribution is -0.137. The number of carbonyl (C=O) groups excluding carboxylic acids is 1. The summed E-state index contributed by atoms with van der Waals surface area (Å²) in [5.41, 5.74) is 4.50. The first kappa shape index (κ1) is 24.4. The number of oxazole rings is 1. The zero-order valence-corrected chi connectivity index (χ0v) is 20.9. The van der Waals surface area contributed by atoms with E-state index in [1.54, 1.807) is 0 Å². The molecule has 0 saturated heterocycles. The third-order valence-electron chi connectivity index (χ3n) is 6.35. The quantitative estimate of drug-likeness (QED) is 0.301. The van der Waals surface area contributed by atoms with Gasteiger partial charge < -0.3 is 13.9 Å². The maximum Gasteiger partial charge on any atom is 0.315 e. The molecule has 0 bridgehead atoms. The molecule has 1 fully saturated rings. The van der Waals surface area contributed by atoms with Gasteiger partial charge in [-0.25, -0.2) is 4.98 Å². The Morgan fingerprint density at radius 1 is 1.12 bits per heavy atom. The highest BCUT2D eigenvalue weighted by molar-refractivity contribution is 7.99. The van der Waals surface area contributed by atoms with Gasteiger partial charge in [-0.1, -0.05) is 43.5 Å². The van der Waals surface area contributed by atoms with E-state index in [2.05, 4.69) is 29.0 Å². The lowest BCUT2D eigenvalue weighted by atomic mass is 9.84. The van der Waals surface area contributed by atoms with Gasteiger partial charge in [0, 0.05) is 17.7 Å². The number of hydrogen-bond donors (Lipinski definition) is 0. The summed E-state index contributed by atoms with van der Waals surface area (Å²) < 4.78 is 16.6. The Morgan fingerprint density at radius 3 is 2.68 bits per heavy atom. The first-order chi connectivity index (χ1) is 16.6. The minimum Gasteiger partial charge on any atom is -0.493 e. The van der Waals surface area contributed by atoms with Crippen LogP contribution >= 0.6 is 11.8 Å². The summed E-state index contributed by atoms with van der Waals surface area (Å²) in [6, 6.07) is 16.7. The second-order valence-electron chi connectivity index (χ2n) is 8.79. The predicted octanol–water partition coefficient (Wildman–Crippen LogP) is 6.73. The first-order valence-electron chi connectivity index (χ1n) is 12.1. The van der Waals surface area contributed by atoms with Crippen molar-refractivity contribution in [2.75, 3.05) is 19.5 Å². The Morgan fingerprint density at radius 2 is 1.91 bits per heavy atom. The highest BCUT2D eigenvalue weighted by Gasteiger charge is 2.16. The summed E-state index contributed by atoms with van der Waals surface area (Å²) in [7, 11) is 1.41. The molecule has 180 valence electrons. The Labute approximate surface area is 206 Å². The van der Waals surface area contributed by atoms with E-state index >= 15 is 0 Å². The van der Waals surface area contributed by atoms with Crippen molar-refractivity contribution in [3.63, 3.8) is 0 Å². The predicted molar refractivity (Wildman–Crippen MR) is 136 cm³/mol. The number of esters is 1. The molecule has 1 saturated carbocycles. The van der Waals surface area contributed by atoms with Crippen molar-refractivity contribution in [1.29, 1.82) is 0 Å². The van der Waals surface area contributed by atoms with Crippen LogP contribution in [0.1, 0.15) is 60.6 Å². The van der Waals surface area contributed by atoms with Crippen LogP contribution in [0, 0.1) is 6.92 Å². The fraction of sp³-hybridized carbons (Fsp3) is 0.429. The van der Waals surface area contributed by atoms with E-state index in [0.717, 1.165) is 34.1 Å². The van der Waals surface area contributed by atoms with Crippen molar-refractivity contribution in [3.8, 4) is 17.2 Å². The molecular weight excluding hydrogens is 446 g/mol. The summed E-state index contributed by atoms with van der Waals surface area (Å²) in [5, 5.41) is 0. The summed E-state index contributed by atoms with van der Waals surface area (Å²) >= 11 is 1.53. The molecule has 0 atom stereocenters. The van der Waals surface area contributed by atoms with Crippen molar-refractivity contribution < 1.29 is 18.7 Å². The average molecular weight is 480 g/mol. The van der Waals surface area contributed by atoms with E-state index in [4.69, 9.17) is 14.1 Å². The normalized spacial score (nSPS) is 14.2. The van der Waals surface area contributed by atoms with E-state index in [9.17, 15) is 4.79 Å². The number of nitrogens with zero attached hydrogens (tertiary/aromatic N) is 1. The Hall–Kier alpha value is -2.73. The molecule has 4 rings (SSSR count). The Balaban J connectivity index is 1.30. The van der Waals surface area contributed by atoms with Crippen molar-refractivity contribution in [1.82, 2.24) is 4.98 Å². The fourth-order valence-corrected chi connectivity index (χ4v) is 5.22. The first-order valence-corrected chi connectivity index (χ1v) is 13.2. The largest absolute Gasteiger partial charge is 0.493 e. The summed E-state index contributed by atoms with van der Waals surface area (Å²) in [5.74, 6) is 3.90. The standard InChI is InChI=1S/C28H33NO4S/c1-20-26(15-16-32-25-10-6-7-21(17-25)18-34-19-27(30)31-2)29-28(33-20)24-13-11-23(12-14-24)22-8-4-3-5-9-22/h6-7,10-14,17,22H,3-5,8-9,15-16,18-19H2,1-2H3. The van der Waals surface area contributed by atoms with E-state index in [1.165, 1.54) is 56.5 Å². The monoisotopic (exact) mass is 479 g/mol. The lowest BCUT2D eigenvalue weighted by Gasteiger charge is -2.21. The molecule has 0 amide bonds. The second kappa shape index (κ2) is 12.1. The number of aryl methyl sites for hydroxylation is 1. The van der Waals surface area contributed by atoms with Gasteiger partial charge in [-0.15, -0.1) is 11.8 Å². The van der Waals surface area contributed by atoms with Crippen LogP contribution in [-0.2, 0) is 21.7 Å². The van der Waals surface area contributed by atoms with Crippen molar-refractivity contribution in [3.05, 3.63) is 71.1 Å². The third kappa shape index (κ3) is 6.66. The number of rotatable bonds is 10. The molecule has 0 radical (unpaired) electrons. The number of ether oxygens (including phenoxy) is 2. The van der Waals surface area contributed by atoms with Crippen LogP contribution in [0.25, 0.3) is 11.5 Å². The lowest BCUT2D eigenvalue weighted by Crippen LogP contribution is -2.04. The number of thioether (sulfide) groups is 1. The number of aromatic nitrogens is 1. The molecule has 0 N–H and O–H groups in total. The van der Waals surface area contributed by atoms with Crippen molar-refractivity contribution >= 4 is 17.7 Å². The van der Waals surface area contributed by atoms with Gasteiger partial charge in [0.15, 0.2) is 0 Å². The van der Waals surface area contributed by atoms with Gasteiger partial charge in [0.25, 0.3) is 0 Å². The van der Waals surface area contributed by atoms with Crippen LogP contribution in [0.3, 0.4) is 0 Å². The van der Waals surface area contributed by atoms with Gasteiger partial charge in [-0.05, 0) is 61.1 Å². The highest BCUT2D eigenvalue weighted by atomic mass is 32.2. The number of carbonyl (C=O) groups is 1. The van der Waals surface area contributed by atoms with Crippen molar-refractivity contribution in [2.24, 2.45) is 0 Å². The molecule has 5 nitrogen and oxygen atoms in total. The summed E-state index contributed by atoms with van der Waals surface area (Å²) in [6.45, 7) is 2.48. The summed E-state index contributed by atoms with van der Waals surface area (Å²) in [6.07, 6.45) is 7.34. The third-order valence-corrected chi connectivity index (χ3v) is 7.33. The molecule has 2 aromatic carbocycles. The van der Waals surface area contributed by atoms with Gasteiger partial charge in [-0.2, -0.15) is 0 Å². The Kier molecular flexibility index (Phi) is 8.69. The van der Waals surface area contributed by atoms with Crippen LogP contribution < -0.4 is 4.74 Å². The zero-order valence-electron chi connectivity index (χ0n) is 20.0. The maximum absolute atomic E-state index is 11.3. The van der Waals surface area contributed by atoms with Gasteiger partial charge in [-0.3, -0.25) is 4.79 Å². The number of benzene rings is 2. The SMILES string of the molecule is COC(=O)CSCc1cccc(OCCc2nc(-c3ccc(C4CCCCC4)cc3)oc2C)c1. The van der Waals surface area contributed by atoms with Crippen LogP contribution in [0.5, 0.6) is 5.75 Å². The van der Waals surface area contributed by atoms with E-state index in [1.807, 2.05) is 31.2 Å². The number of methoxy groups -OCH3 is 1. The molecule has 6 heteroatoms. The van der Waals surface area contributed by atoms with E-state index in [-0.39, 0.29) is 5.97 Å². The molecule has 1 aromatic heterocycles. The van der Waals surface area contributed by atoms with Gasteiger partial charge in [0.1, 0.15) is 11.5 Å². The smallest absolute Gasteiger partial charge is 0.315 e. The molecule has 1 aliphatic carbocycles. The van der Waals surface area contributed by atoms with E-state index in [0.29, 0.717) is 30.6 Å². The zero-order chi connectivity index (χ0) is 23.8. The highest BCUT2D eigenvalue weighted by Crippen LogP contribution is 2.33. The van der Waals surface area contributed by atoms with Crippen LogP contribution in [0.15, 0.2) is 52.9 Å². The average Bonchev–Trinajstić information content (AvgIpc) is 3.25. The molecule has 3 aromatic rings. The van der Waals surface area contributed by atoms with Gasteiger partial charge in [0.2, 0.25) is 5.89 Å². The van der Waals surface area contributed by atoms with Gasteiger partial charge in [0.05, 0.1) is 25.2 Å². The second-order valence-corrected chi connectivity index (χ2v) is 9.78. The fourth-order valence-electron chi connectivity index (χ4n) is 4.42. The Bertz CT molecular complexity index is 1070. The van der Waals surface area contributed by atoms with Crippen LogP contribution in [0.2, 0.25) is 0 Å². The molecule has 0 spiro atoms. The molecule has 0 unspecified atom stereocenters. The van der Waals surface area contributed by atoms with Crippen LogP contribution in [0.4, 0.5) is 0 Å². The molecule has 1 aliphatic rings.